The Labute approximate surface area is 183 Å². The average molecular weight is 434 g/mol. The van der Waals surface area contributed by atoms with Crippen LogP contribution in [0, 0.1) is 17.8 Å². The summed E-state index contributed by atoms with van der Waals surface area (Å²) in [6.45, 7) is 3.57. The van der Waals surface area contributed by atoms with Crippen molar-refractivity contribution < 1.29 is 13.2 Å². The lowest BCUT2D eigenvalue weighted by Gasteiger charge is -2.28. The topological polar surface area (TPSA) is 63.2 Å². The Bertz CT molecular complexity index is 771. The van der Waals surface area contributed by atoms with E-state index in [0.29, 0.717) is 17.6 Å². The number of carbonyl (C=O) groups excluding carboxylic acids is 1. The van der Waals surface area contributed by atoms with Gasteiger partial charge < -0.3 is 5.32 Å². The fourth-order valence-electron chi connectivity index (χ4n) is 4.94. The molecule has 0 unspecified atom stereocenters. The van der Waals surface area contributed by atoms with Crippen molar-refractivity contribution in [3.8, 4) is 0 Å². The maximum Gasteiger partial charge on any atom is 0.227 e. The van der Waals surface area contributed by atoms with Gasteiger partial charge in [-0.1, -0.05) is 44.2 Å². The number of anilines is 1. The minimum atomic E-state index is -2.92. The summed E-state index contributed by atoms with van der Waals surface area (Å²) in [4.78, 5) is 12.4. The normalized spacial score (nSPS) is 23.4. The summed E-state index contributed by atoms with van der Waals surface area (Å²) in [7, 11) is -2.92. The molecule has 1 aromatic carbocycles. The van der Waals surface area contributed by atoms with Gasteiger partial charge in [-0.05, 0) is 81.9 Å². The summed E-state index contributed by atoms with van der Waals surface area (Å²) in [6, 6.07) is 8.34. The van der Waals surface area contributed by atoms with E-state index < -0.39 is 9.84 Å². The predicted molar refractivity (Wildman–Crippen MR) is 124 cm³/mol. The molecule has 30 heavy (non-hydrogen) atoms. The van der Waals surface area contributed by atoms with Crippen LogP contribution in [0.2, 0.25) is 0 Å². The van der Waals surface area contributed by atoms with Crippen molar-refractivity contribution in [3.63, 3.8) is 0 Å². The van der Waals surface area contributed by atoms with Crippen LogP contribution in [-0.2, 0) is 21.1 Å². The summed E-state index contributed by atoms with van der Waals surface area (Å²) < 4.78 is 24.3. The molecule has 2 aliphatic rings. The van der Waals surface area contributed by atoms with Crippen LogP contribution in [0.5, 0.6) is 0 Å². The van der Waals surface area contributed by atoms with Gasteiger partial charge in [0.05, 0.1) is 11.0 Å². The van der Waals surface area contributed by atoms with Gasteiger partial charge in [0.1, 0.15) is 0 Å². The van der Waals surface area contributed by atoms with Crippen molar-refractivity contribution in [2.24, 2.45) is 17.8 Å². The molecule has 1 N–H and O–H groups in total. The number of amides is 1. The third kappa shape index (κ3) is 6.83. The van der Waals surface area contributed by atoms with Crippen LogP contribution in [0.25, 0.3) is 0 Å². The Morgan fingerprint density at radius 1 is 0.933 bits per heavy atom. The fourth-order valence-corrected chi connectivity index (χ4v) is 6.32. The second kappa shape index (κ2) is 10.8. The molecule has 0 bridgehead atoms. The van der Waals surface area contributed by atoms with Crippen LogP contribution in [0.3, 0.4) is 0 Å². The standard InChI is InChI=1S/C25H39NO3S/c1-19(2)30(28,29)18-22-12-10-20(11-13-22)8-9-21-14-16-24(17-15-21)26-25(27)23-6-4-3-5-7-23/h14-17,19-20,22-23H,3-13,18H2,1-2H3,(H,26,27). The fraction of sp³-hybridized carbons (Fsp3) is 0.720. The van der Waals surface area contributed by atoms with Gasteiger partial charge >= 0.3 is 0 Å². The largest absolute Gasteiger partial charge is 0.326 e. The van der Waals surface area contributed by atoms with Gasteiger partial charge in [0.15, 0.2) is 9.84 Å². The van der Waals surface area contributed by atoms with Crippen molar-refractivity contribution in [2.45, 2.75) is 89.7 Å². The van der Waals surface area contributed by atoms with Crippen molar-refractivity contribution >= 4 is 21.4 Å². The molecule has 5 heteroatoms. The van der Waals surface area contributed by atoms with E-state index in [9.17, 15) is 13.2 Å². The molecule has 0 heterocycles. The summed E-state index contributed by atoms with van der Waals surface area (Å²) in [5, 5.41) is 2.83. The van der Waals surface area contributed by atoms with Crippen molar-refractivity contribution in [2.75, 3.05) is 11.1 Å². The maximum absolute atomic E-state index is 12.4. The van der Waals surface area contributed by atoms with Crippen LogP contribution in [-0.4, -0.2) is 25.3 Å². The molecule has 0 saturated heterocycles. The number of nitrogens with one attached hydrogen (secondary N) is 1. The molecule has 0 aliphatic heterocycles. The van der Waals surface area contributed by atoms with Crippen LogP contribution in [0.1, 0.15) is 83.6 Å². The molecule has 168 valence electrons. The molecule has 3 rings (SSSR count). The minimum Gasteiger partial charge on any atom is -0.326 e. The van der Waals surface area contributed by atoms with Crippen molar-refractivity contribution in [3.05, 3.63) is 29.8 Å². The van der Waals surface area contributed by atoms with Crippen LogP contribution in [0.15, 0.2) is 24.3 Å². The molecule has 0 radical (unpaired) electrons. The Kier molecular flexibility index (Phi) is 8.38. The van der Waals surface area contributed by atoms with Crippen molar-refractivity contribution in [1.82, 2.24) is 0 Å². The Morgan fingerprint density at radius 3 is 2.13 bits per heavy atom. The van der Waals surface area contributed by atoms with E-state index in [1.165, 1.54) is 24.8 Å². The molecule has 1 aromatic rings. The molecule has 4 nitrogen and oxygen atoms in total. The number of sulfone groups is 1. The van der Waals surface area contributed by atoms with E-state index >= 15 is 0 Å². The van der Waals surface area contributed by atoms with E-state index in [4.69, 9.17) is 0 Å². The van der Waals surface area contributed by atoms with Crippen LogP contribution >= 0.6 is 0 Å². The maximum atomic E-state index is 12.4. The highest BCUT2D eigenvalue weighted by molar-refractivity contribution is 7.91. The molecule has 0 spiro atoms. The lowest BCUT2D eigenvalue weighted by molar-refractivity contribution is -0.120. The third-order valence-electron chi connectivity index (χ3n) is 7.19. The lowest BCUT2D eigenvalue weighted by Crippen LogP contribution is -2.26. The number of carbonyl (C=O) groups is 1. The van der Waals surface area contributed by atoms with Gasteiger partial charge in [-0.3, -0.25) is 4.79 Å². The number of rotatable bonds is 8. The van der Waals surface area contributed by atoms with E-state index in [1.807, 2.05) is 12.1 Å². The van der Waals surface area contributed by atoms with Gasteiger partial charge in [0.2, 0.25) is 5.91 Å². The summed E-state index contributed by atoms with van der Waals surface area (Å²) in [6.07, 6.45) is 12.3. The molecular weight excluding hydrogens is 394 g/mol. The van der Waals surface area contributed by atoms with Crippen LogP contribution < -0.4 is 5.32 Å². The number of hydrogen-bond acceptors (Lipinski definition) is 3. The van der Waals surface area contributed by atoms with Crippen molar-refractivity contribution in [1.29, 1.82) is 0 Å². The summed E-state index contributed by atoms with van der Waals surface area (Å²) in [5.74, 6) is 1.78. The van der Waals surface area contributed by atoms with E-state index in [2.05, 4.69) is 17.4 Å². The molecule has 2 aliphatic carbocycles. The Morgan fingerprint density at radius 2 is 1.53 bits per heavy atom. The van der Waals surface area contributed by atoms with Crippen LogP contribution in [0.4, 0.5) is 5.69 Å². The molecule has 0 atom stereocenters. The smallest absolute Gasteiger partial charge is 0.227 e. The molecule has 1 amide bonds. The molecule has 2 saturated carbocycles. The SMILES string of the molecule is CC(C)S(=O)(=O)CC1CCC(CCc2ccc(NC(=O)C3CCCCC3)cc2)CC1. The first-order chi connectivity index (χ1) is 14.3. The number of aryl methyl sites for hydroxylation is 1. The number of hydrogen-bond donors (Lipinski definition) is 1. The van der Waals surface area contributed by atoms with Gasteiger partial charge in [-0.15, -0.1) is 0 Å². The first-order valence-electron chi connectivity index (χ1n) is 11.9. The second-order valence-corrected chi connectivity index (χ2v) is 12.4. The quantitative estimate of drug-likeness (QED) is 0.566. The molecule has 0 aromatic heterocycles. The lowest BCUT2D eigenvalue weighted by atomic mass is 9.80. The Balaban J connectivity index is 1.39. The monoisotopic (exact) mass is 433 g/mol. The predicted octanol–water partition coefficient (Wildman–Crippen LogP) is 5.77. The summed E-state index contributed by atoms with van der Waals surface area (Å²) >= 11 is 0. The first kappa shape index (κ1) is 23.3. The van der Waals surface area contributed by atoms with E-state index in [0.717, 1.165) is 57.1 Å². The highest BCUT2D eigenvalue weighted by Crippen LogP contribution is 2.33. The van der Waals surface area contributed by atoms with Gasteiger partial charge in [0.25, 0.3) is 0 Å². The van der Waals surface area contributed by atoms with E-state index in [1.54, 1.807) is 13.8 Å². The first-order valence-corrected chi connectivity index (χ1v) is 13.7. The van der Waals surface area contributed by atoms with E-state index in [-0.39, 0.29) is 17.1 Å². The molecule has 2 fully saturated rings. The minimum absolute atomic E-state index is 0.179. The average Bonchev–Trinajstić information content (AvgIpc) is 2.74. The van der Waals surface area contributed by atoms with Gasteiger partial charge in [-0.25, -0.2) is 8.42 Å². The number of benzene rings is 1. The van der Waals surface area contributed by atoms with Gasteiger partial charge in [-0.2, -0.15) is 0 Å². The second-order valence-electron chi connectivity index (χ2n) is 9.82. The Hall–Kier alpha value is -1.36. The third-order valence-corrected chi connectivity index (χ3v) is 9.56. The zero-order valence-electron chi connectivity index (χ0n) is 18.7. The zero-order valence-corrected chi connectivity index (χ0v) is 19.6. The highest BCUT2D eigenvalue weighted by Gasteiger charge is 2.27. The summed E-state index contributed by atoms with van der Waals surface area (Å²) in [5.41, 5.74) is 2.22. The highest BCUT2D eigenvalue weighted by atomic mass is 32.2. The zero-order chi connectivity index (χ0) is 21.6. The van der Waals surface area contributed by atoms with Gasteiger partial charge in [0, 0.05) is 11.6 Å². The molecular formula is C25H39NO3S.